The molecular weight excluding hydrogens is 538 g/mol. The van der Waals surface area contributed by atoms with Crippen molar-refractivity contribution in [2.45, 2.75) is 19.8 Å². The fourth-order valence-electron chi connectivity index (χ4n) is 2.47. The predicted molar refractivity (Wildman–Crippen MR) is 115 cm³/mol. The number of allylic oxidation sites excluding steroid dienone is 2. The maximum Gasteiger partial charge on any atom is 0.155 e. The molecule has 0 amide bonds. The minimum Gasteiger partial charge on any atom is -0.512 e. The maximum absolute atomic E-state index is 10.7. The van der Waals surface area contributed by atoms with Gasteiger partial charge in [-0.2, -0.15) is 0 Å². The van der Waals surface area contributed by atoms with Crippen molar-refractivity contribution in [1.29, 1.82) is 0 Å². The molecule has 1 radical (unpaired) electrons. The van der Waals surface area contributed by atoms with Crippen LogP contribution < -0.4 is 0 Å². The Kier molecular flexibility index (Phi) is 11.2. The molecule has 1 N–H and O–H groups in total. The van der Waals surface area contributed by atoms with Gasteiger partial charge in [-0.1, -0.05) is 49.1 Å². The van der Waals surface area contributed by atoms with Crippen LogP contribution in [0.15, 0.2) is 91.3 Å². The van der Waals surface area contributed by atoms with Crippen LogP contribution in [-0.2, 0) is 31.3 Å². The molecule has 0 bridgehead atoms. The van der Waals surface area contributed by atoms with Crippen LogP contribution in [0.1, 0.15) is 24.5 Å². The quantitative estimate of drug-likeness (QED) is 0.233. The Balaban J connectivity index is 0.000000289. The zero-order valence-corrected chi connectivity index (χ0v) is 18.7. The van der Waals surface area contributed by atoms with Crippen molar-refractivity contribution in [3.63, 3.8) is 0 Å². The number of carbonyl (C=O) groups is 1. The number of hydrogen-bond donors (Lipinski definition) is 1. The minimum absolute atomic E-state index is 0. The maximum atomic E-state index is 10.7. The summed E-state index contributed by atoms with van der Waals surface area (Å²) >= 11 is 0. The molecular formula is C25H24IrNO2-. The average Bonchev–Trinajstić information content (AvgIpc) is 2.74. The molecule has 29 heavy (non-hydrogen) atoms. The van der Waals surface area contributed by atoms with Crippen LogP contribution in [0.3, 0.4) is 0 Å². The fourth-order valence-corrected chi connectivity index (χ4v) is 2.47. The first-order valence-corrected chi connectivity index (χ1v) is 9.08. The number of aliphatic hydroxyl groups is 1. The molecule has 0 fully saturated rings. The number of rotatable bonds is 6. The fraction of sp³-hybridized carbons (Fsp3) is 0.120. The van der Waals surface area contributed by atoms with E-state index in [0.29, 0.717) is 6.42 Å². The van der Waals surface area contributed by atoms with E-state index in [9.17, 15) is 9.90 Å². The molecule has 4 heteroatoms. The largest absolute Gasteiger partial charge is 0.512 e. The van der Waals surface area contributed by atoms with Crippen LogP contribution in [0.25, 0.3) is 17.3 Å². The molecule has 3 nitrogen and oxygen atoms in total. The van der Waals surface area contributed by atoms with Gasteiger partial charge in [0, 0.05) is 38.8 Å². The van der Waals surface area contributed by atoms with Crippen LogP contribution in [0.4, 0.5) is 0 Å². The number of aryl methyl sites for hydroxylation is 1. The number of aliphatic hydroxyl groups excluding tert-OH is 1. The van der Waals surface area contributed by atoms with Gasteiger partial charge in [0.1, 0.15) is 0 Å². The second-order valence-electron chi connectivity index (χ2n) is 6.18. The van der Waals surface area contributed by atoms with E-state index in [2.05, 4.69) is 17.6 Å². The summed E-state index contributed by atoms with van der Waals surface area (Å²) < 4.78 is 0. The van der Waals surface area contributed by atoms with Crippen molar-refractivity contribution in [2.75, 3.05) is 0 Å². The molecule has 0 aliphatic heterocycles. The topological polar surface area (TPSA) is 50.2 Å². The number of carbonyl (C=O) groups excluding carboxylic acids is 1. The first-order chi connectivity index (χ1) is 13.6. The number of nitrogens with zero attached hydrogens (tertiary/aromatic N) is 1. The van der Waals surface area contributed by atoms with E-state index in [1.54, 1.807) is 12.3 Å². The number of aromatic nitrogens is 1. The molecule has 0 atom stereocenters. The number of ketones is 1. The van der Waals surface area contributed by atoms with Gasteiger partial charge in [0.05, 0.1) is 5.76 Å². The second kappa shape index (κ2) is 13.4. The molecule has 0 saturated heterocycles. The van der Waals surface area contributed by atoms with Crippen LogP contribution in [0.5, 0.6) is 0 Å². The van der Waals surface area contributed by atoms with Gasteiger partial charge >= 0.3 is 0 Å². The molecule has 0 spiro atoms. The van der Waals surface area contributed by atoms with Gasteiger partial charge in [0.2, 0.25) is 0 Å². The van der Waals surface area contributed by atoms with E-state index >= 15 is 0 Å². The van der Waals surface area contributed by atoms with Gasteiger partial charge in [-0.3, -0.25) is 4.79 Å². The van der Waals surface area contributed by atoms with Gasteiger partial charge < -0.3 is 10.1 Å². The molecule has 0 aliphatic carbocycles. The smallest absolute Gasteiger partial charge is 0.155 e. The van der Waals surface area contributed by atoms with Crippen molar-refractivity contribution in [3.05, 3.63) is 109 Å². The summed E-state index contributed by atoms with van der Waals surface area (Å²) in [5.74, 6) is 0.0137. The number of benzene rings is 2. The Morgan fingerprint density at radius 3 is 2.38 bits per heavy atom. The summed E-state index contributed by atoms with van der Waals surface area (Å²) in [6.45, 7) is 5.11. The predicted octanol–water partition coefficient (Wildman–Crippen LogP) is 5.84. The molecule has 0 saturated carbocycles. The van der Waals surface area contributed by atoms with Crippen molar-refractivity contribution in [1.82, 2.24) is 4.98 Å². The third-order valence-corrected chi connectivity index (χ3v) is 3.91. The molecule has 0 unspecified atom stereocenters. The van der Waals surface area contributed by atoms with E-state index in [1.807, 2.05) is 66.7 Å². The Morgan fingerprint density at radius 1 is 1.10 bits per heavy atom. The van der Waals surface area contributed by atoms with Crippen molar-refractivity contribution < 1.29 is 30.0 Å². The summed E-state index contributed by atoms with van der Waals surface area (Å²) in [6.07, 6.45) is 6.06. The second-order valence-corrected chi connectivity index (χ2v) is 6.18. The normalized spacial score (nSPS) is 10.2. The Morgan fingerprint density at radius 2 is 1.83 bits per heavy atom. The third kappa shape index (κ3) is 9.29. The van der Waals surface area contributed by atoms with E-state index in [4.69, 9.17) is 0 Å². The molecule has 1 heterocycles. The Hall–Kier alpha value is -2.81. The van der Waals surface area contributed by atoms with Crippen LogP contribution in [0, 0.1) is 6.07 Å². The summed E-state index contributed by atoms with van der Waals surface area (Å²) in [5.41, 5.74) is 4.22. The zero-order chi connectivity index (χ0) is 20.2. The third-order valence-electron chi connectivity index (χ3n) is 3.91. The van der Waals surface area contributed by atoms with Gasteiger partial charge in [0.25, 0.3) is 0 Å². The van der Waals surface area contributed by atoms with Gasteiger partial charge in [-0.25, -0.2) is 0 Å². The molecule has 1 aromatic heterocycles. The van der Waals surface area contributed by atoms with E-state index in [0.717, 1.165) is 28.8 Å². The van der Waals surface area contributed by atoms with Crippen molar-refractivity contribution in [2.24, 2.45) is 0 Å². The number of pyridine rings is 1. The van der Waals surface area contributed by atoms with Crippen LogP contribution in [-0.4, -0.2) is 15.9 Å². The summed E-state index contributed by atoms with van der Waals surface area (Å²) in [7, 11) is 0. The van der Waals surface area contributed by atoms with Gasteiger partial charge in [-0.15, -0.1) is 35.9 Å². The minimum atomic E-state index is -0.125. The van der Waals surface area contributed by atoms with Crippen molar-refractivity contribution >= 4 is 11.9 Å². The molecule has 151 valence electrons. The average molecular weight is 563 g/mol. The van der Waals surface area contributed by atoms with Gasteiger partial charge in [0.15, 0.2) is 5.78 Å². The zero-order valence-electron chi connectivity index (χ0n) is 16.3. The van der Waals surface area contributed by atoms with E-state index < -0.39 is 0 Å². The molecule has 2 aromatic carbocycles. The number of hydrogen-bond acceptors (Lipinski definition) is 3. The van der Waals surface area contributed by atoms with Crippen LogP contribution in [0.2, 0.25) is 0 Å². The standard InChI is InChI=1S/C14H16O2.C11H8N.Ir/c1-3-12-4-6-13(7-5-12)8-9-14(16)10-11(2)15;1-2-6-10(7-3-1)11-8-4-5-9-12-11;/h3-7,10,16H,1,8-9H2,2H3;1-6,8-9H;/q;-1;. The Bertz CT molecular complexity index is 867. The SMILES string of the molecule is C=Cc1ccc(CCC(O)=CC(C)=O)cc1.[Ir].[c-]1ccccc1-c1ccccn1. The first kappa shape index (κ1) is 24.2. The Labute approximate surface area is 186 Å². The summed E-state index contributed by atoms with van der Waals surface area (Å²) in [6, 6.07) is 24.8. The monoisotopic (exact) mass is 563 g/mol. The molecule has 3 aromatic rings. The van der Waals surface area contributed by atoms with E-state index in [-0.39, 0.29) is 31.6 Å². The van der Waals surface area contributed by atoms with Crippen LogP contribution >= 0.6 is 0 Å². The van der Waals surface area contributed by atoms with Crippen molar-refractivity contribution in [3.8, 4) is 11.3 Å². The van der Waals surface area contributed by atoms with Gasteiger partial charge in [-0.05, 0) is 36.2 Å². The molecule has 0 aliphatic rings. The summed E-state index contributed by atoms with van der Waals surface area (Å²) in [5, 5.41) is 9.41. The molecule has 3 rings (SSSR count). The first-order valence-electron chi connectivity index (χ1n) is 9.08. The summed E-state index contributed by atoms with van der Waals surface area (Å²) in [4.78, 5) is 14.9. The van der Waals surface area contributed by atoms with E-state index in [1.165, 1.54) is 13.0 Å².